The number of amides is 1. The number of aryl methyl sites for hydroxylation is 1. The Bertz CT molecular complexity index is 1430. The van der Waals surface area contributed by atoms with E-state index in [1.807, 2.05) is 46.9 Å². The van der Waals surface area contributed by atoms with E-state index < -0.39 is 11.5 Å². The molecule has 3 aliphatic rings. The second-order valence-electron chi connectivity index (χ2n) is 8.95. The summed E-state index contributed by atoms with van der Waals surface area (Å²) in [6, 6.07) is 10.3. The van der Waals surface area contributed by atoms with E-state index in [0.29, 0.717) is 29.4 Å². The maximum absolute atomic E-state index is 14.2. The van der Waals surface area contributed by atoms with Crippen molar-refractivity contribution in [2.45, 2.75) is 25.5 Å². The standard InChI is InChI=1S/C26H24FN5O3/c1-16-14-31(15-28-16)22-8-6-17(12-23(22)34-3)11-18-5-4-10-32-24(18)29-35-26(32)20-13-19(27)7-9-21(20)30(2)25(26)33/h6-9,11-15H,4-5,10H2,1-3H3/b18-11+. The lowest BCUT2D eigenvalue weighted by Gasteiger charge is -2.36. The highest BCUT2D eigenvalue weighted by Gasteiger charge is 2.62. The minimum absolute atomic E-state index is 0.278. The number of hydrogen-bond acceptors (Lipinski definition) is 6. The van der Waals surface area contributed by atoms with Crippen LogP contribution in [0.1, 0.15) is 29.7 Å². The number of likely N-dealkylation sites (N-methyl/N-ethyl adjacent to an activating group) is 1. The maximum atomic E-state index is 14.2. The molecule has 1 atom stereocenters. The van der Waals surface area contributed by atoms with Crippen molar-refractivity contribution in [1.82, 2.24) is 14.5 Å². The molecular formula is C26H24FN5O3. The molecular weight excluding hydrogens is 449 g/mol. The molecule has 6 rings (SSSR count). The van der Waals surface area contributed by atoms with Crippen LogP contribution in [0.5, 0.6) is 5.75 Å². The van der Waals surface area contributed by atoms with Crippen molar-refractivity contribution in [2.24, 2.45) is 5.16 Å². The number of fused-ring (bicyclic) bond motifs is 4. The first-order valence-electron chi connectivity index (χ1n) is 11.4. The van der Waals surface area contributed by atoms with E-state index in [9.17, 15) is 9.18 Å². The fraction of sp³-hybridized carbons (Fsp3) is 0.269. The number of aromatic nitrogens is 2. The highest BCUT2D eigenvalue weighted by molar-refractivity contribution is 6.12. The summed E-state index contributed by atoms with van der Waals surface area (Å²) >= 11 is 0. The summed E-state index contributed by atoms with van der Waals surface area (Å²) in [7, 11) is 3.31. The van der Waals surface area contributed by atoms with Gasteiger partial charge in [0.2, 0.25) is 0 Å². The van der Waals surface area contributed by atoms with E-state index in [0.717, 1.165) is 35.4 Å². The van der Waals surface area contributed by atoms with Gasteiger partial charge in [0, 0.05) is 19.8 Å². The van der Waals surface area contributed by atoms with E-state index in [1.54, 1.807) is 26.6 Å². The predicted octanol–water partition coefficient (Wildman–Crippen LogP) is 3.98. The number of amidine groups is 1. The van der Waals surface area contributed by atoms with Crippen molar-refractivity contribution in [3.8, 4) is 11.4 Å². The first kappa shape index (κ1) is 21.4. The molecule has 4 heterocycles. The molecule has 0 aliphatic carbocycles. The van der Waals surface area contributed by atoms with Gasteiger partial charge in [0.25, 0.3) is 5.91 Å². The fourth-order valence-corrected chi connectivity index (χ4v) is 5.15. The number of nitrogens with zero attached hydrogens (tertiary/aromatic N) is 5. The molecule has 1 aromatic heterocycles. The average molecular weight is 474 g/mol. The summed E-state index contributed by atoms with van der Waals surface area (Å²) in [4.78, 5) is 26.9. The van der Waals surface area contributed by atoms with Crippen LogP contribution in [0.4, 0.5) is 10.1 Å². The van der Waals surface area contributed by atoms with E-state index in [1.165, 1.54) is 17.0 Å². The number of hydrogen-bond donors (Lipinski definition) is 0. The number of methoxy groups -OCH3 is 1. The lowest BCUT2D eigenvalue weighted by atomic mass is 9.95. The Morgan fingerprint density at radius 2 is 2.03 bits per heavy atom. The molecule has 3 aromatic rings. The topological polar surface area (TPSA) is 72.2 Å². The highest BCUT2D eigenvalue weighted by atomic mass is 19.1. The van der Waals surface area contributed by atoms with Crippen LogP contribution in [-0.4, -0.2) is 46.9 Å². The van der Waals surface area contributed by atoms with Crippen LogP contribution >= 0.6 is 0 Å². The number of anilines is 1. The smallest absolute Gasteiger partial charge is 0.318 e. The van der Waals surface area contributed by atoms with Crippen molar-refractivity contribution >= 4 is 23.5 Å². The molecule has 1 fully saturated rings. The molecule has 1 unspecified atom stereocenters. The lowest BCUT2D eigenvalue weighted by molar-refractivity contribution is -0.157. The minimum Gasteiger partial charge on any atom is -0.495 e. The number of carbonyl (C=O) groups excluding carboxylic acids is 1. The monoisotopic (exact) mass is 473 g/mol. The van der Waals surface area contributed by atoms with E-state index in [-0.39, 0.29) is 5.91 Å². The summed E-state index contributed by atoms with van der Waals surface area (Å²) in [5, 5.41) is 4.36. The van der Waals surface area contributed by atoms with Crippen molar-refractivity contribution in [3.05, 3.63) is 77.1 Å². The second kappa shape index (κ2) is 7.69. The first-order chi connectivity index (χ1) is 16.9. The zero-order chi connectivity index (χ0) is 24.3. The number of piperidine rings is 1. The molecule has 0 N–H and O–H groups in total. The van der Waals surface area contributed by atoms with Crippen LogP contribution in [-0.2, 0) is 15.4 Å². The van der Waals surface area contributed by atoms with E-state index in [2.05, 4.69) is 10.1 Å². The van der Waals surface area contributed by atoms with Crippen molar-refractivity contribution < 1.29 is 18.8 Å². The third-order valence-electron chi connectivity index (χ3n) is 6.83. The molecule has 2 aromatic carbocycles. The zero-order valence-corrected chi connectivity index (χ0v) is 19.7. The number of benzene rings is 2. The highest BCUT2D eigenvalue weighted by Crippen LogP contribution is 2.49. The van der Waals surface area contributed by atoms with Gasteiger partial charge in [-0.25, -0.2) is 9.37 Å². The van der Waals surface area contributed by atoms with Crippen LogP contribution in [0, 0.1) is 12.7 Å². The Hall–Kier alpha value is -4.14. The average Bonchev–Trinajstić information content (AvgIpc) is 3.52. The quantitative estimate of drug-likeness (QED) is 0.576. The third-order valence-corrected chi connectivity index (χ3v) is 6.83. The molecule has 8 nitrogen and oxygen atoms in total. The zero-order valence-electron chi connectivity index (χ0n) is 19.7. The van der Waals surface area contributed by atoms with Crippen LogP contribution in [0.25, 0.3) is 11.8 Å². The van der Waals surface area contributed by atoms with Crippen LogP contribution in [0.3, 0.4) is 0 Å². The molecule has 35 heavy (non-hydrogen) atoms. The molecule has 9 heteroatoms. The number of carbonyl (C=O) groups is 1. The first-order valence-corrected chi connectivity index (χ1v) is 11.4. The largest absolute Gasteiger partial charge is 0.495 e. The SMILES string of the molecule is COc1cc(/C=C2\CCCN3C2=NOC32C(=O)N(C)c3ccc(F)cc32)ccc1-n1cnc(C)c1. The molecule has 1 spiro atoms. The number of rotatable bonds is 3. The van der Waals surface area contributed by atoms with E-state index in [4.69, 9.17) is 9.57 Å². The number of imidazole rings is 1. The Kier molecular flexibility index (Phi) is 4.70. The van der Waals surface area contributed by atoms with Gasteiger partial charge in [-0.2, -0.15) is 0 Å². The molecule has 0 radical (unpaired) electrons. The number of oxime groups is 1. The van der Waals surface area contributed by atoms with Crippen LogP contribution in [0.2, 0.25) is 0 Å². The maximum Gasteiger partial charge on any atom is 0.318 e. The minimum atomic E-state index is -1.47. The van der Waals surface area contributed by atoms with Crippen molar-refractivity contribution in [2.75, 3.05) is 25.6 Å². The summed E-state index contributed by atoms with van der Waals surface area (Å²) < 4.78 is 21.8. The fourth-order valence-electron chi connectivity index (χ4n) is 5.15. The second-order valence-corrected chi connectivity index (χ2v) is 8.95. The van der Waals surface area contributed by atoms with Gasteiger partial charge in [-0.15, -0.1) is 0 Å². The molecule has 3 aliphatic heterocycles. The van der Waals surface area contributed by atoms with Crippen molar-refractivity contribution in [3.63, 3.8) is 0 Å². The van der Waals surface area contributed by atoms with Gasteiger partial charge in [-0.1, -0.05) is 11.2 Å². The summed E-state index contributed by atoms with van der Waals surface area (Å²) in [6.45, 7) is 2.52. The summed E-state index contributed by atoms with van der Waals surface area (Å²) in [5.74, 6) is 0.613. The molecule has 0 saturated carbocycles. The van der Waals surface area contributed by atoms with Gasteiger partial charge in [-0.3, -0.25) is 4.79 Å². The molecule has 0 bridgehead atoms. The third kappa shape index (κ3) is 3.07. The molecule has 1 saturated heterocycles. The van der Waals surface area contributed by atoms with Crippen LogP contribution < -0.4 is 9.64 Å². The van der Waals surface area contributed by atoms with E-state index >= 15 is 0 Å². The van der Waals surface area contributed by atoms with Gasteiger partial charge in [0.05, 0.1) is 36.1 Å². The molecule has 1 amide bonds. The Morgan fingerprint density at radius 1 is 1.20 bits per heavy atom. The Morgan fingerprint density at radius 3 is 2.80 bits per heavy atom. The van der Waals surface area contributed by atoms with Gasteiger partial charge in [0.1, 0.15) is 11.6 Å². The van der Waals surface area contributed by atoms with Gasteiger partial charge < -0.3 is 23.9 Å². The van der Waals surface area contributed by atoms with Gasteiger partial charge in [-0.05, 0) is 67.3 Å². The molecule has 178 valence electrons. The predicted molar refractivity (Wildman–Crippen MR) is 129 cm³/mol. The van der Waals surface area contributed by atoms with Crippen LogP contribution in [0.15, 0.2) is 59.7 Å². The van der Waals surface area contributed by atoms with Crippen molar-refractivity contribution in [1.29, 1.82) is 0 Å². The number of ether oxygens (including phenoxy) is 1. The Balaban J connectivity index is 1.37. The summed E-state index contributed by atoms with van der Waals surface area (Å²) in [5.41, 5.74) is 3.32. The summed E-state index contributed by atoms with van der Waals surface area (Å²) in [6.07, 6.45) is 7.31. The van der Waals surface area contributed by atoms with Gasteiger partial charge >= 0.3 is 5.72 Å². The number of halogens is 1. The normalized spacial score (nSPS) is 21.9. The van der Waals surface area contributed by atoms with Gasteiger partial charge in [0.15, 0.2) is 5.84 Å². The Labute approximate surface area is 201 Å². The lowest BCUT2D eigenvalue weighted by Crippen LogP contribution is -2.54.